The summed E-state index contributed by atoms with van der Waals surface area (Å²) in [5.41, 5.74) is 2.95. The Bertz CT molecular complexity index is 1770. The SMILES string of the molecule is CCN1C(=O)C(C)(C)C(=O)N(C)c2cc(OCCCCN(CCn3ccc4oc(C)cc4c3=O)Cc3cccnc3C)ccc21.Cl.Cl. The Kier molecular flexibility index (Phi) is 12.7. The summed E-state index contributed by atoms with van der Waals surface area (Å²) in [6, 6.07) is 13.3. The van der Waals surface area contributed by atoms with Crippen LogP contribution in [-0.2, 0) is 22.7 Å². The van der Waals surface area contributed by atoms with Crippen LogP contribution in [0.2, 0.25) is 0 Å². The van der Waals surface area contributed by atoms with Gasteiger partial charge in [0.1, 0.15) is 22.5 Å². The Morgan fingerprint density at radius 1 is 0.957 bits per heavy atom. The van der Waals surface area contributed by atoms with Gasteiger partial charge < -0.3 is 23.5 Å². The molecule has 254 valence electrons. The van der Waals surface area contributed by atoms with Crippen molar-refractivity contribution in [2.45, 2.75) is 60.5 Å². The van der Waals surface area contributed by atoms with E-state index in [2.05, 4.69) is 16.0 Å². The van der Waals surface area contributed by atoms with Gasteiger partial charge in [-0.15, -0.1) is 24.8 Å². The van der Waals surface area contributed by atoms with Gasteiger partial charge in [0.2, 0.25) is 11.8 Å². The molecule has 12 heteroatoms. The molecule has 0 spiro atoms. The number of unbranched alkanes of at least 4 members (excludes halogenated alkanes) is 1. The van der Waals surface area contributed by atoms with Gasteiger partial charge in [0.15, 0.2) is 0 Å². The Balaban J connectivity index is 0.00000300. The van der Waals surface area contributed by atoms with Gasteiger partial charge in [-0.25, -0.2) is 0 Å². The molecule has 3 aromatic heterocycles. The molecule has 0 saturated heterocycles. The lowest BCUT2D eigenvalue weighted by atomic mass is 9.90. The van der Waals surface area contributed by atoms with Gasteiger partial charge in [-0.05, 0) is 89.9 Å². The van der Waals surface area contributed by atoms with E-state index < -0.39 is 5.41 Å². The maximum atomic E-state index is 13.2. The van der Waals surface area contributed by atoms with Crippen LogP contribution < -0.4 is 20.1 Å². The highest BCUT2D eigenvalue weighted by atomic mass is 35.5. The minimum atomic E-state index is -1.15. The lowest BCUT2D eigenvalue weighted by Crippen LogP contribution is -2.47. The average Bonchev–Trinajstić information content (AvgIpc) is 3.40. The Hall–Kier alpha value is -3.86. The number of ether oxygens (including phenoxy) is 1. The number of halogens is 2. The second-order valence-corrected chi connectivity index (χ2v) is 12.2. The highest BCUT2D eigenvalue weighted by Crippen LogP contribution is 2.40. The number of aryl methyl sites for hydroxylation is 2. The first-order chi connectivity index (χ1) is 21.5. The first-order valence-electron chi connectivity index (χ1n) is 15.6. The molecule has 1 aromatic carbocycles. The smallest absolute Gasteiger partial charge is 0.261 e. The number of amides is 2. The van der Waals surface area contributed by atoms with Crippen LogP contribution in [0.15, 0.2) is 64.1 Å². The number of nitrogens with zero attached hydrogens (tertiary/aromatic N) is 5. The van der Waals surface area contributed by atoms with Gasteiger partial charge in [-0.3, -0.25) is 24.3 Å². The molecule has 1 aliphatic rings. The van der Waals surface area contributed by atoms with Crippen molar-refractivity contribution in [2.75, 3.05) is 43.1 Å². The fourth-order valence-corrected chi connectivity index (χ4v) is 5.92. The number of hydrogen-bond donors (Lipinski definition) is 0. The number of fused-ring (bicyclic) bond motifs is 2. The summed E-state index contributed by atoms with van der Waals surface area (Å²) >= 11 is 0. The topological polar surface area (TPSA) is 101 Å². The van der Waals surface area contributed by atoms with Crippen molar-refractivity contribution >= 4 is 59.0 Å². The number of carbonyl (C=O) groups is 2. The molecule has 0 radical (unpaired) electrons. The molecule has 0 atom stereocenters. The first kappa shape index (κ1) is 37.6. The summed E-state index contributed by atoms with van der Waals surface area (Å²) < 4.78 is 13.5. The van der Waals surface area contributed by atoms with E-state index in [0.717, 1.165) is 42.9 Å². The van der Waals surface area contributed by atoms with Gasteiger partial charge in [-0.2, -0.15) is 0 Å². The van der Waals surface area contributed by atoms with Crippen LogP contribution in [-0.4, -0.2) is 59.6 Å². The number of benzene rings is 1. The molecule has 5 rings (SSSR count). The van der Waals surface area contributed by atoms with Crippen molar-refractivity contribution in [3.63, 3.8) is 0 Å². The fourth-order valence-electron chi connectivity index (χ4n) is 5.92. The lowest BCUT2D eigenvalue weighted by Gasteiger charge is -2.27. The molecule has 0 aliphatic carbocycles. The zero-order valence-corrected chi connectivity index (χ0v) is 29.6. The molecule has 47 heavy (non-hydrogen) atoms. The summed E-state index contributed by atoms with van der Waals surface area (Å²) in [5, 5.41) is 0.605. The molecule has 1 aliphatic heterocycles. The third kappa shape index (κ3) is 8.00. The van der Waals surface area contributed by atoms with E-state index in [-0.39, 0.29) is 42.2 Å². The molecule has 0 unspecified atom stereocenters. The Morgan fingerprint density at radius 2 is 1.72 bits per heavy atom. The highest BCUT2D eigenvalue weighted by Gasteiger charge is 2.45. The van der Waals surface area contributed by atoms with E-state index in [1.165, 1.54) is 0 Å². The third-order valence-corrected chi connectivity index (χ3v) is 8.62. The number of hydrogen-bond acceptors (Lipinski definition) is 7. The van der Waals surface area contributed by atoms with Crippen LogP contribution in [0.5, 0.6) is 5.75 Å². The number of pyridine rings is 2. The summed E-state index contributed by atoms with van der Waals surface area (Å²) in [4.78, 5) is 49.4. The van der Waals surface area contributed by atoms with Crippen LogP contribution >= 0.6 is 24.8 Å². The first-order valence-corrected chi connectivity index (χ1v) is 15.6. The molecule has 0 saturated carbocycles. The predicted molar refractivity (Wildman–Crippen MR) is 190 cm³/mol. The summed E-state index contributed by atoms with van der Waals surface area (Å²) in [6.45, 7) is 12.9. The molecule has 4 aromatic rings. The molecular formula is C35H45Cl2N5O5. The molecule has 0 bridgehead atoms. The monoisotopic (exact) mass is 685 g/mol. The van der Waals surface area contributed by atoms with E-state index in [1.54, 1.807) is 53.7 Å². The van der Waals surface area contributed by atoms with E-state index >= 15 is 0 Å². The molecule has 4 heterocycles. The van der Waals surface area contributed by atoms with Crippen molar-refractivity contribution in [1.82, 2.24) is 14.5 Å². The van der Waals surface area contributed by atoms with Crippen molar-refractivity contribution in [2.24, 2.45) is 5.41 Å². The highest BCUT2D eigenvalue weighted by molar-refractivity contribution is 6.20. The second-order valence-electron chi connectivity index (χ2n) is 12.2. The Morgan fingerprint density at radius 3 is 2.45 bits per heavy atom. The third-order valence-electron chi connectivity index (χ3n) is 8.62. The number of carbonyl (C=O) groups excluding carboxylic acids is 2. The fraction of sp³-hybridized carbons (Fsp3) is 0.429. The molecule has 2 amide bonds. The molecular weight excluding hydrogens is 641 g/mol. The van der Waals surface area contributed by atoms with Crippen LogP contribution in [0.1, 0.15) is 50.6 Å². The number of aromatic nitrogens is 2. The second kappa shape index (κ2) is 15.8. The van der Waals surface area contributed by atoms with Crippen LogP contribution in [0.25, 0.3) is 11.0 Å². The predicted octanol–water partition coefficient (Wildman–Crippen LogP) is 6.17. The van der Waals surface area contributed by atoms with Crippen molar-refractivity contribution in [3.8, 4) is 5.75 Å². The van der Waals surface area contributed by atoms with E-state index in [1.807, 2.05) is 51.1 Å². The average molecular weight is 687 g/mol. The molecule has 0 fully saturated rings. The van der Waals surface area contributed by atoms with Crippen LogP contribution in [0.3, 0.4) is 0 Å². The van der Waals surface area contributed by atoms with Crippen LogP contribution in [0.4, 0.5) is 11.4 Å². The summed E-state index contributed by atoms with van der Waals surface area (Å²) in [6.07, 6.45) is 5.32. The lowest BCUT2D eigenvalue weighted by molar-refractivity contribution is -0.137. The van der Waals surface area contributed by atoms with Gasteiger partial charge in [0.25, 0.3) is 5.56 Å². The number of anilines is 2. The van der Waals surface area contributed by atoms with Gasteiger partial charge in [0.05, 0.1) is 23.4 Å². The van der Waals surface area contributed by atoms with Crippen molar-refractivity contribution in [3.05, 3.63) is 82.2 Å². The maximum Gasteiger partial charge on any atom is 0.261 e. The zero-order valence-electron chi connectivity index (χ0n) is 27.9. The van der Waals surface area contributed by atoms with Crippen LogP contribution in [0, 0.1) is 19.3 Å². The van der Waals surface area contributed by atoms with Crippen molar-refractivity contribution in [1.29, 1.82) is 0 Å². The van der Waals surface area contributed by atoms with E-state index in [9.17, 15) is 14.4 Å². The quantitative estimate of drug-likeness (QED) is 0.130. The maximum absolute atomic E-state index is 13.2. The summed E-state index contributed by atoms with van der Waals surface area (Å²) in [5.74, 6) is 0.933. The zero-order chi connectivity index (χ0) is 32.3. The summed E-state index contributed by atoms with van der Waals surface area (Å²) in [7, 11) is 1.71. The van der Waals surface area contributed by atoms with E-state index in [4.69, 9.17) is 9.15 Å². The number of rotatable bonds is 12. The van der Waals surface area contributed by atoms with Gasteiger partial charge in [-0.1, -0.05) is 6.07 Å². The van der Waals surface area contributed by atoms with Crippen molar-refractivity contribution < 1.29 is 18.7 Å². The Labute approximate surface area is 288 Å². The van der Waals surface area contributed by atoms with E-state index in [0.29, 0.717) is 54.3 Å². The minimum absolute atomic E-state index is 0. The normalized spacial score (nSPS) is 14.1. The van der Waals surface area contributed by atoms with Gasteiger partial charge >= 0.3 is 0 Å². The minimum Gasteiger partial charge on any atom is -0.494 e. The number of furan rings is 1. The largest absolute Gasteiger partial charge is 0.494 e. The molecule has 0 N–H and O–H groups in total. The standard InChI is InChI=1S/C35H43N5O5.2ClH/c1-7-40-29-13-12-27(22-30(29)37(6)33(42)35(4,5)34(40)43)44-20-9-8-16-38(23-26-11-10-15-36-25(26)3)18-19-39-17-14-31-28(32(39)41)21-24(2)45-31;;/h10-15,17,21-22H,7-9,16,18-20,23H2,1-6H3;2*1H. The molecule has 10 nitrogen and oxygen atoms in total. The van der Waals surface area contributed by atoms with Gasteiger partial charge in [0, 0.05) is 57.4 Å².